The van der Waals surface area contributed by atoms with E-state index in [4.69, 9.17) is 11.6 Å². The van der Waals surface area contributed by atoms with Gasteiger partial charge in [-0.3, -0.25) is 4.79 Å². The van der Waals surface area contributed by atoms with Gasteiger partial charge in [-0.05, 0) is 47.0 Å². The van der Waals surface area contributed by atoms with E-state index in [-0.39, 0.29) is 5.56 Å². The maximum atomic E-state index is 12.0. The molecule has 0 aromatic heterocycles. The van der Waals surface area contributed by atoms with Crippen LogP contribution in [-0.2, 0) is 10.0 Å². The van der Waals surface area contributed by atoms with Crippen LogP contribution in [-0.4, -0.2) is 19.6 Å². The van der Waals surface area contributed by atoms with Gasteiger partial charge in [0.05, 0.1) is 10.8 Å². The van der Waals surface area contributed by atoms with Crippen LogP contribution in [0.15, 0.2) is 22.7 Å². The number of rotatable bonds is 3. The highest BCUT2D eigenvalue weighted by molar-refractivity contribution is 9.10. The number of nitrogens with one attached hydrogen (secondary N) is 1. The largest absolute Gasteiger partial charge is 0.268 e. The van der Waals surface area contributed by atoms with Crippen LogP contribution in [0.25, 0.3) is 0 Å². The van der Waals surface area contributed by atoms with Crippen molar-refractivity contribution in [2.24, 2.45) is 0 Å². The van der Waals surface area contributed by atoms with E-state index in [1.165, 1.54) is 6.07 Å². The molecule has 1 N–H and O–H groups in total. The fourth-order valence-electron chi connectivity index (χ4n) is 2.14. The molecule has 1 saturated carbocycles. The lowest BCUT2D eigenvalue weighted by Gasteiger charge is -2.13. The number of hydrogen-bond donors (Lipinski definition) is 1. The highest BCUT2D eigenvalue weighted by atomic mass is 79.9. The fraction of sp³-hybridized carbons (Fsp3) is 0.417. The van der Waals surface area contributed by atoms with Gasteiger partial charge in [-0.1, -0.05) is 24.4 Å². The lowest BCUT2D eigenvalue weighted by Crippen LogP contribution is -2.37. The lowest BCUT2D eigenvalue weighted by atomic mass is 10.2. The van der Waals surface area contributed by atoms with Gasteiger partial charge in [0.25, 0.3) is 5.91 Å². The summed E-state index contributed by atoms with van der Waals surface area (Å²) in [7, 11) is -3.60. The molecule has 0 atom stereocenters. The van der Waals surface area contributed by atoms with Crippen LogP contribution in [0.5, 0.6) is 0 Å². The molecule has 1 fully saturated rings. The van der Waals surface area contributed by atoms with Crippen LogP contribution in [0.3, 0.4) is 0 Å². The molecule has 104 valence electrons. The zero-order valence-electron chi connectivity index (χ0n) is 10.0. The van der Waals surface area contributed by atoms with Crippen molar-refractivity contribution in [1.29, 1.82) is 0 Å². The molecule has 1 aromatic rings. The Kier molecular flexibility index (Phi) is 4.53. The maximum absolute atomic E-state index is 12.0. The highest BCUT2D eigenvalue weighted by Gasteiger charge is 2.30. The Bertz CT molecular complexity index is 597. The van der Waals surface area contributed by atoms with Gasteiger partial charge in [0.15, 0.2) is 0 Å². The summed E-state index contributed by atoms with van der Waals surface area (Å²) in [4.78, 5) is 12.0. The molecule has 4 nitrogen and oxygen atoms in total. The van der Waals surface area contributed by atoms with Crippen LogP contribution in [0, 0.1) is 0 Å². The molecule has 1 amide bonds. The van der Waals surface area contributed by atoms with Crippen LogP contribution in [0.4, 0.5) is 0 Å². The minimum absolute atomic E-state index is 0.217. The van der Waals surface area contributed by atoms with Gasteiger partial charge < -0.3 is 0 Å². The Hall–Kier alpha value is -0.590. The summed E-state index contributed by atoms with van der Waals surface area (Å²) >= 11 is 9.02. The third-order valence-corrected chi connectivity index (χ3v) is 5.89. The van der Waals surface area contributed by atoms with Crippen molar-refractivity contribution in [1.82, 2.24) is 4.72 Å². The quantitative estimate of drug-likeness (QED) is 0.894. The average molecular weight is 367 g/mol. The van der Waals surface area contributed by atoms with E-state index in [1.807, 2.05) is 0 Å². The summed E-state index contributed by atoms with van der Waals surface area (Å²) < 4.78 is 26.7. The predicted molar refractivity (Wildman–Crippen MR) is 77.8 cm³/mol. The molecule has 0 aliphatic heterocycles. The molecule has 0 spiro atoms. The zero-order valence-corrected chi connectivity index (χ0v) is 13.2. The van der Waals surface area contributed by atoms with E-state index in [2.05, 4.69) is 20.7 Å². The van der Waals surface area contributed by atoms with Crippen molar-refractivity contribution in [2.75, 3.05) is 0 Å². The topological polar surface area (TPSA) is 63.2 Å². The SMILES string of the molecule is O=C(NS(=O)(=O)C1CCCC1)c1cc(Cl)ccc1Br. The third-order valence-electron chi connectivity index (χ3n) is 3.15. The average Bonchev–Trinajstić information content (AvgIpc) is 2.86. The summed E-state index contributed by atoms with van der Waals surface area (Å²) in [5.74, 6) is -0.652. The molecule has 19 heavy (non-hydrogen) atoms. The van der Waals surface area contributed by atoms with Gasteiger partial charge in [0, 0.05) is 9.50 Å². The Balaban J connectivity index is 2.19. The first kappa shape index (κ1) is 14.8. The van der Waals surface area contributed by atoms with Crippen molar-refractivity contribution >= 4 is 43.5 Å². The van der Waals surface area contributed by atoms with Crippen LogP contribution in [0.1, 0.15) is 36.0 Å². The Morgan fingerprint density at radius 1 is 1.32 bits per heavy atom. The van der Waals surface area contributed by atoms with E-state index in [0.717, 1.165) is 12.8 Å². The minimum Gasteiger partial charge on any atom is -0.268 e. The van der Waals surface area contributed by atoms with Crippen molar-refractivity contribution < 1.29 is 13.2 Å². The van der Waals surface area contributed by atoms with E-state index >= 15 is 0 Å². The van der Waals surface area contributed by atoms with Gasteiger partial charge in [-0.25, -0.2) is 13.1 Å². The molecule has 0 radical (unpaired) electrons. The Morgan fingerprint density at radius 2 is 1.95 bits per heavy atom. The maximum Gasteiger partial charge on any atom is 0.265 e. The van der Waals surface area contributed by atoms with Crippen LogP contribution >= 0.6 is 27.5 Å². The second-order valence-electron chi connectivity index (χ2n) is 4.51. The molecule has 0 saturated heterocycles. The Labute approximate surface area is 125 Å². The van der Waals surface area contributed by atoms with Crippen molar-refractivity contribution in [2.45, 2.75) is 30.9 Å². The molecule has 0 heterocycles. The second-order valence-corrected chi connectivity index (χ2v) is 7.76. The van der Waals surface area contributed by atoms with Crippen molar-refractivity contribution in [3.8, 4) is 0 Å². The molecule has 0 unspecified atom stereocenters. The van der Waals surface area contributed by atoms with Gasteiger partial charge >= 0.3 is 0 Å². The summed E-state index contributed by atoms with van der Waals surface area (Å²) in [5.41, 5.74) is 0.217. The van der Waals surface area contributed by atoms with Crippen LogP contribution in [0.2, 0.25) is 5.02 Å². The standard InChI is InChI=1S/C12H13BrClNO3S/c13-11-6-5-8(14)7-10(11)12(16)15-19(17,18)9-3-1-2-4-9/h5-7,9H,1-4H2,(H,15,16). The number of sulfonamides is 1. The smallest absolute Gasteiger partial charge is 0.265 e. The summed E-state index contributed by atoms with van der Waals surface area (Å²) in [6, 6.07) is 4.67. The minimum atomic E-state index is -3.60. The normalized spacial score (nSPS) is 16.5. The number of benzene rings is 1. The molecule has 1 aliphatic rings. The van der Waals surface area contributed by atoms with Gasteiger partial charge in [0.1, 0.15) is 0 Å². The van der Waals surface area contributed by atoms with E-state index in [1.54, 1.807) is 12.1 Å². The number of carbonyl (C=O) groups is 1. The number of halogens is 2. The van der Waals surface area contributed by atoms with Crippen molar-refractivity contribution in [3.63, 3.8) is 0 Å². The second kappa shape index (κ2) is 5.81. The summed E-state index contributed by atoms with van der Waals surface area (Å²) in [6.45, 7) is 0. The van der Waals surface area contributed by atoms with E-state index < -0.39 is 21.2 Å². The monoisotopic (exact) mass is 365 g/mol. The Morgan fingerprint density at radius 3 is 2.58 bits per heavy atom. The predicted octanol–water partition coefficient (Wildman–Crippen LogP) is 3.10. The van der Waals surface area contributed by atoms with Crippen molar-refractivity contribution in [3.05, 3.63) is 33.3 Å². The number of carbonyl (C=O) groups excluding carboxylic acids is 1. The van der Waals surface area contributed by atoms with Gasteiger partial charge in [-0.15, -0.1) is 0 Å². The lowest BCUT2D eigenvalue weighted by molar-refractivity contribution is 0.0980. The zero-order chi connectivity index (χ0) is 14.0. The van der Waals surface area contributed by atoms with Gasteiger partial charge in [0.2, 0.25) is 10.0 Å². The van der Waals surface area contributed by atoms with Gasteiger partial charge in [-0.2, -0.15) is 0 Å². The number of hydrogen-bond acceptors (Lipinski definition) is 3. The molecule has 1 aliphatic carbocycles. The summed E-state index contributed by atoms with van der Waals surface area (Å²) in [6.07, 6.45) is 3.00. The first-order valence-electron chi connectivity index (χ1n) is 5.91. The first-order valence-corrected chi connectivity index (χ1v) is 8.63. The van der Waals surface area contributed by atoms with Crippen LogP contribution < -0.4 is 4.72 Å². The molecular weight excluding hydrogens is 354 g/mol. The molecule has 0 bridgehead atoms. The first-order chi connectivity index (χ1) is 8.90. The fourth-order valence-corrected chi connectivity index (χ4v) is 4.23. The molecular formula is C12H13BrClNO3S. The van der Waals surface area contributed by atoms with E-state index in [9.17, 15) is 13.2 Å². The third kappa shape index (κ3) is 3.49. The molecule has 1 aromatic carbocycles. The summed E-state index contributed by atoms with van der Waals surface area (Å²) in [5, 5.41) is -0.0824. The van der Waals surface area contributed by atoms with E-state index in [0.29, 0.717) is 22.3 Å². The highest BCUT2D eigenvalue weighted by Crippen LogP contribution is 2.25. The molecule has 2 rings (SSSR count). The number of amides is 1. The molecule has 7 heteroatoms.